The first kappa shape index (κ1) is 19.6. The molecule has 3 rings (SSSR count). The molecule has 2 aromatic heterocycles. The van der Waals surface area contributed by atoms with Gasteiger partial charge in [-0.15, -0.1) is 0 Å². The second kappa shape index (κ2) is 9.14. The summed E-state index contributed by atoms with van der Waals surface area (Å²) in [6.07, 6.45) is 3.45. The van der Waals surface area contributed by atoms with Crippen molar-refractivity contribution in [2.24, 2.45) is 5.92 Å². The van der Waals surface area contributed by atoms with E-state index >= 15 is 0 Å². The maximum Gasteiger partial charge on any atom is 0.225 e. The zero-order chi connectivity index (χ0) is 19.9. The summed E-state index contributed by atoms with van der Waals surface area (Å²) in [5.74, 6) is 2.01. The first-order valence-electron chi connectivity index (χ1n) is 9.17. The van der Waals surface area contributed by atoms with Gasteiger partial charge in [0.05, 0.1) is 31.1 Å². The number of aliphatic hydroxyl groups excluding tert-OH is 1. The molecule has 0 radical (unpaired) electrons. The van der Waals surface area contributed by atoms with Crippen molar-refractivity contribution in [2.45, 2.75) is 19.9 Å². The van der Waals surface area contributed by atoms with E-state index < -0.39 is 0 Å². The van der Waals surface area contributed by atoms with Crippen LogP contribution in [0.2, 0.25) is 0 Å². The Morgan fingerprint density at radius 1 is 1.07 bits per heavy atom. The minimum Gasteiger partial charge on any atom is -0.495 e. The Bertz CT molecular complexity index is 902. The monoisotopic (exact) mass is 379 g/mol. The van der Waals surface area contributed by atoms with Gasteiger partial charge in [-0.2, -0.15) is 4.98 Å². The van der Waals surface area contributed by atoms with E-state index in [-0.39, 0.29) is 18.6 Å². The van der Waals surface area contributed by atoms with Crippen LogP contribution < -0.4 is 15.4 Å². The Balaban J connectivity index is 1.99. The van der Waals surface area contributed by atoms with Gasteiger partial charge in [0.1, 0.15) is 11.6 Å². The Kier molecular flexibility index (Phi) is 6.39. The highest BCUT2D eigenvalue weighted by atomic mass is 16.5. The molecule has 3 aromatic rings. The summed E-state index contributed by atoms with van der Waals surface area (Å²) in [6.45, 7) is 4.07. The van der Waals surface area contributed by atoms with Gasteiger partial charge in [-0.3, -0.25) is 4.98 Å². The van der Waals surface area contributed by atoms with Crippen molar-refractivity contribution in [3.05, 3.63) is 54.9 Å². The summed E-state index contributed by atoms with van der Waals surface area (Å²) < 4.78 is 5.41. The van der Waals surface area contributed by atoms with Crippen molar-refractivity contribution in [1.29, 1.82) is 0 Å². The van der Waals surface area contributed by atoms with E-state index in [1.165, 1.54) is 0 Å². The summed E-state index contributed by atoms with van der Waals surface area (Å²) in [5, 5.41) is 16.2. The van der Waals surface area contributed by atoms with Gasteiger partial charge in [-0.25, -0.2) is 4.98 Å². The summed E-state index contributed by atoms with van der Waals surface area (Å²) in [7, 11) is 1.63. The van der Waals surface area contributed by atoms with E-state index in [0.717, 1.165) is 22.7 Å². The first-order valence-corrected chi connectivity index (χ1v) is 9.17. The van der Waals surface area contributed by atoms with Crippen molar-refractivity contribution >= 4 is 17.5 Å². The molecule has 0 aliphatic carbocycles. The minimum atomic E-state index is -0.146. The predicted octanol–water partition coefficient (Wildman–Crippen LogP) is 3.72. The second-order valence-electron chi connectivity index (χ2n) is 6.70. The topological polar surface area (TPSA) is 92.2 Å². The van der Waals surface area contributed by atoms with E-state index in [2.05, 4.69) is 25.6 Å². The van der Waals surface area contributed by atoms with Crippen LogP contribution in [-0.4, -0.2) is 39.8 Å². The largest absolute Gasteiger partial charge is 0.495 e. The molecule has 0 bridgehead atoms. The van der Waals surface area contributed by atoms with Crippen LogP contribution >= 0.6 is 0 Å². The van der Waals surface area contributed by atoms with Crippen molar-refractivity contribution in [3.8, 4) is 17.0 Å². The third-order valence-electron chi connectivity index (χ3n) is 4.39. The Hall–Kier alpha value is -3.19. The molecule has 1 atom stereocenters. The fourth-order valence-corrected chi connectivity index (χ4v) is 2.72. The highest BCUT2D eigenvalue weighted by Gasteiger charge is 2.15. The number of benzene rings is 1. The molecule has 0 unspecified atom stereocenters. The van der Waals surface area contributed by atoms with Crippen LogP contribution in [0, 0.1) is 5.92 Å². The van der Waals surface area contributed by atoms with E-state index in [1.54, 1.807) is 19.5 Å². The number of methoxy groups -OCH3 is 1. The predicted molar refractivity (Wildman–Crippen MR) is 111 cm³/mol. The summed E-state index contributed by atoms with van der Waals surface area (Å²) in [6, 6.07) is 13.2. The molecule has 28 heavy (non-hydrogen) atoms. The zero-order valence-corrected chi connectivity index (χ0v) is 16.3. The minimum absolute atomic E-state index is 0.00419. The lowest BCUT2D eigenvalue weighted by molar-refractivity contribution is 0.248. The molecule has 7 nitrogen and oxygen atoms in total. The molecule has 0 amide bonds. The average Bonchev–Trinajstić information content (AvgIpc) is 2.72. The maximum atomic E-state index is 9.66. The molecule has 2 heterocycles. The van der Waals surface area contributed by atoms with Crippen molar-refractivity contribution in [2.75, 3.05) is 24.4 Å². The lowest BCUT2D eigenvalue weighted by Gasteiger charge is -2.21. The van der Waals surface area contributed by atoms with E-state index in [4.69, 9.17) is 4.74 Å². The molecule has 1 aromatic carbocycles. The molecule has 146 valence electrons. The second-order valence-corrected chi connectivity index (χ2v) is 6.70. The van der Waals surface area contributed by atoms with Crippen LogP contribution in [-0.2, 0) is 0 Å². The highest BCUT2D eigenvalue weighted by molar-refractivity contribution is 5.69. The lowest BCUT2D eigenvalue weighted by Crippen LogP contribution is -2.30. The van der Waals surface area contributed by atoms with Crippen LogP contribution in [0.5, 0.6) is 5.75 Å². The van der Waals surface area contributed by atoms with Crippen LogP contribution in [0.3, 0.4) is 0 Å². The fraction of sp³-hybridized carbons (Fsp3) is 0.286. The van der Waals surface area contributed by atoms with Crippen LogP contribution in [0.1, 0.15) is 13.8 Å². The quantitative estimate of drug-likeness (QED) is 0.549. The highest BCUT2D eigenvalue weighted by Crippen LogP contribution is 2.28. The summed E-state index contributed by atoms with van der Waals surface area (Å²) in [4.78, 5) is 13.3. The number of nitrogens with one attached hydrogen (secondary N) is 2. The molecule has 0 aliphatic heterocycles. The zero-order valence-electron chi connectivity index (χ0n) is 16.3. The van der Waals surface area contributed by atoms with Crippen molar-refractivity contribution in [1.82, 2.24) is 15.0 Å². The van der Waals surface area contributed by atoms with Gasteiger partial charge >= 0.3 is 0 Å². The first-order chi connectivity index (χ1) is 13.6. The number of anilines is 3. The molecule has 0 saturated heterocycles. The molecule has 0 saturated carbocycles. The number of hydrogen-bond donors (Lipinski definition) is 3. The van der Waals surface area contributed by atoms with Crippen molar-refractivity contribution < 1.29 is 9.84 Å². The molecule has 0 fully saturated rings. The number of para-hydroxylation sites is 2. The lowest BCUT2D eigenvalue weighted by atomic mass is 10.1. The third kappa shape index (κ3) is 4.75. The molecule has 0 aliphatic rings. The standard InChI is InChI=1S/C21H25N5O2/c1-14(2)18(13-27)25-21-24-17(15-8-10-22-11-9-15)12-20(26-21)23-16-6-4-5-7-19(16)28-3/h4-12,14,18,27H,13H2,1-3H3,(H2,23,24,25,26)/t18-/m1/s1. The maximum absolute atomic E-state index is 9.66. The van der Waals surface area contributed by atoms with Crippen LogP contribution in [0.25, 0.3) is 11.3 Å². The smallest absolute Gasteiger partial charge is 0.225 e. The third-order valence-corrected chi connectivity index (χ3v) is 4.39. The van der Waals surface area contributed by atoms with Gasteiger partial charge in [0.25, 0.3) is 0 Å². The number of aliphatic hydroxyl groups is 1. The van der Waals surface area contributed by atoms with Gasteiger partial charge in [-0.1, -0.05) is 26.0 Å². The fourth-order valence-electron chi connectivity index (χ4n) is 2.72. The number of aromatic nitrogens is 3. The summed E-state index contributed by atoms with van der Waals surface area (Å²) in [5.41, 5.74) is 2.48. The van der Waals surface area contributed by atoms with Gasteiger partial charge in [-0.05, 0) is 30.2 Å². The molecule has 7 heteroatoms. The van der Waals surface area contributed by atoms with Gasteiger partial charge < -0.3 is 20.5 Å². The van der Waals surface area contributed by atoms with Crippen molar-refractivity contribution in [3.63, 3.8) is 0 Å². The SMILES string of the molecule is COc1ccccc1Nc1cc(-c2ccncc2)nc(N[C@H](CO)C(C)C)n1. The van der Waals surface area contributed by atoms with E-state index in [9.17, 15) is 5.11 Å². The number of pyridine rings is 1. The molecule has 0 spiro atoms. The Morgan fingerprint density at radius 3 is 2.50 bits per heavy atom. The molecular weight excluding hydrogens is 354 g/mol. The Labute approximate surface area is 164 Å². The Morgan fingerprint density at radius 2 is 1.82 bits per heavy atom. The van der Waals surface area contributed by atoms with Gasteiger partial charge in [0.15, 0.2) is 0 Å². The number of ether oxygens (including phenoxy) is 1. The number of rotatable bonds is 8. The van der Waals surface area contributed by atoms with E-state index in [1.807, 2.05) is 56.3 Å². The average molecular weight is 379 g/mol. The van der Waals surface area contributed by atoms with Gasteiger partial charge in [0.2, 0.25) is 5.95 Å². The molecule has 3 N–H and O–H groups in total. The van der Waals surface area contributed by atoms with Crippen LogP contribution in [0.15, 0.2) is 54.9 Å². The van der Waals surface area contributed by atoms with Gasteiger partial charge in [0, 0.05) is 24.0 Å². The normalized spacial score (nSPS) is 11.9. The molecular formula is C21H25N5O2. The number of nitrogens with zero attached hydrogens (tertiary/aromatic N) is 3. The van der Waals surface area contributed by atoms with Crippen LogP contribution in [0.4, 0.5) is 17.5 Å². The summed E-state index contributed by atoms with van der Waals surface area (Å²) >= 11 is 0. The van der Waals surface area contributed by atoms with E-state index in [0.29, 0.717) is 11.8 Å². The number of hydrogen-bond acceptors (Lipinski definition) is 7.